The first-order valence-corrected chi connectivity index (χ1v) is 12.9. The van der Waals surface area contributed by atoms with Gasteiger partial charge in [-0.25, -0.2) is 8.42 Å². The van der Waals surface area contributed by atoms with E-state index in [1.165, 1.54) is 0 Å². The lowest BCUT2D eigenvalue weighted by molar-refractivity contribution is 0.223. The largest absolute Gasteiger partial charge is 0.489 e. The molecule has 0 aromatic heterocycles. The summed E-state index contributed by atoms with van der Waals surface area (Å²) in [4.78, 5) is 0. The highest BCUT2D eigenvalue weighted by Gasteiger charge is 2.38. The van der Waals surface area contributed by atoms with Crippen molar-refractivity contribution in [2.24, 2.45) is 5.73 Å². The molecule has 4 N–H and O–H groups in total. The number of hydrogen-bond acceptors (Lipinski definition) is 5. The van der Waals surface area contributed by atoms with Crippen LogP contribution in [0.3, 0.4) is 0 Å². The van der Waals surface area contributed by atoms with E-state index in [-0.39, 0.29) is 48.5 Å². The lowest BCUT2D eigenvalue weighted by atomic mass is 9.98. The number of amidine groups is 1. The SMILES string of the molecule is CCS(=O)(=O)N1c2ccc(O[C@@H]3CCNC3)cc2C[C@@H]1c1ccc2ccc(C(=N)N)cc2c1.Cl.Cl. The van der Waals surface area contributed by atoms with Gasteiger partial charge in [0.05, 0.1) is 17.5 Å². The fourth-order valence-electron chi connectivity index (χ4n) is 4.77. The minimum absolute atomic E-state index is 0. The highest BCUT2D eigenvalue weighted by atomic mass is 35.5. The van der Waals surface area contributed by atoms with Crippen LogP contribution in [0.1, 0.15) is 36.1 Å². The van der Waals surface area contributed by atoms with Gasteiger partial charge in [0.15, 0.2) is 0 Å². The highest BCUT2D eigenvalue weighted by Crippen LogP contribution is 2.44. The van der Waals surface area contributed by atoms with Crippen molar-refractivity contribution >= 4 is 57.1 Å². The summed E-state index contributed by atoms with van der Waals surface area (Å²) in [5.41, 5.74) is 8.93. The number of nitrogens with two attached hydrogens (primary N) is 1. The molecule has 35 heavy (non-hydrogen) atoms. The Bertz CT molecular complexity index is 1340. The molecule has 0 radical (unpaired) electrons. The molecular formula is C25H30Cl2N4O3S. The molecule has 0 saturated carbocycles. The third-order valence-electron chi connectivity index (χ3n) is 6.53. The highest BCUT2D eigenvalue weighted by molar-refractivity contribution is 7.92. The molecule has 0 spiro atoms. The first-order chi connectivity index (χ1) is 15.9. The Kier molecular flexibility index (Phi) is 8.21. The second-order valence-corrected chi connectivity index (χ2v) is 10.8. The van der Waals surface area contributed by atoms with Gasteiger partial charge in [-0.05, 0) is 72.1 Å². The number of sulfonamides is 1. The summed E-state index contributed by atoms with van der Waals surface area (Å²) in [6.45, 7) is 3.46. The molecule has 2 atom stereocenters. The topological polar surface area (TPSA) is 109 Å². The Morgan fingerprint density at radius 2 is 1.89 bits per heavy atom. The second-order valence-electron chi connectivity index (χ2n) is 8.67. The van der Waals surface area contributed by atoms with Crippen LogP contribution in [0.25, 0.3) is 10.8 Å². The fraction of sp³-hybridized carbons (Fsp3) is 0.320. The van der Waals surface area contributed by atoms with Crippen LogP contribution < -0.4 is 20.1 Å². The van der Waals surface area contributed by atoms with Crippen LogP contribution >= 0.6 is 24.8 Å². The standard InChI is InChI=1S/C25H28N4O3S.2ClH/c1-2-33(30,31)29-23-8-7-21(32-22-9-10-28-15-22)13-20(23)14-24(29)17-5-3-16-4-6-18(25(26)27)12-19(16)11-17;;/h3-8,11-13,22,24,28H,2,9-10,14-15H2,1H3,(H3,26,27);2*1H/t22-,24-;;/m1../s1. The predicted octanol–water partition coefficient (Wildman–Crippen LogP) is 4.16. The summed E-state index contributed by atoms with van der Waals surface area (Å²) < 4.78 is 34.0. The van der Waals surface area contributed by atoms with Crippen molar-refractivity contribution < 1.29 is 13.2 Å². The fourth-order valence-corrected chi connectivity index (χ4v) is 6.11. The molecule has 3 aromatic rings. The number of nitrogen functional groups attached to an aromatic ring is 1. The number of rotatable bonds is 6. The van der Waals surface area contributed by atoms with Crippen LogP contribution in [-0.2, 0) is 16.4 Å². The van der Waals surface area contributed by atoms with Gasteiger partial charge >= 0.3 is 0 Å². The summed E-state index contributed by atoms with van der Waals surface area (Å²) in [7, 11) is -3.49. The quantitative estimate of drug-likeness (QED) is 0.323. The van der Waals surface area contributed by atoms with Crippen molar-refractivity contribution in [2.45, 2.75) is 31.9 Å². The van der Waals surface area contributed by atoms with E-state index in [2.05, 4.69) is 5.32 Å². The van der Waals surface area contributed by atoms with Crippen molar-refractivity contribution in [3.05, 3.63) is 71.3 Å². The van der Waals surface area contributed by atoms with Gasteiger partial charge in [0.25, 0.3) is 0 Å². The maximum Gasteiger partial charge on any atom is 0.235 e. The zero-order valence-electron chi connectivity index (χ0n) is 19.4. The van der Waals surface area contributed by atoms with E-state index in [1.807, 2.05) is 54.6 Å². The molecule has 0 bridgehead atoms. The number of benzene rings is 3. The lowest BCUT2D eigenvalue weighted by Crippen LogP contribution is -2.33. The predicted molar refractivity (Wildman–Crippen MR) is 146 cm³/mol. The molecule has 1 fully saturated rings. The van der Waals surface area contributed by atoms with Crippen molar-refractivity contribution in [1.82, 2.24) is 5.32 Å². The van der Waals surface area contributed by atoms with E-state index in [9.17, 15) is 8.42 Å². The van der Waals surface area contributed by atoms with Gasteiger partial charge in [0, 0.05) is 18.5 Å². The first kappa shape index (κ1) is 27.1. The molecule has 7 nitrogen and oxygen atoms in total. The maximum absolute atomic E-state index is 13.2. The van der Waals surface area contributed by atoms with Gasteiger partial charge in [-0.15, -0.1) is 24.8 Å². The Hall–Kier alpha value is -2.52. The van der Waals surface area contributed by atoms with Crippen LogP contribution in [-0.4, -0.2) is 39.2 Å². The Morgan fingerprint density at radius 1 is 1.11 bits per heavy atom. The number of nitrogens with one attached hydrogen (secondary N) is 2. The smallest absolute Gasteiger partial charge is 0.235 e. The minimum atomic E-state index is -3.49. The van der Waals surface area contributed by atoms with Gasteiger partial charge in [-0.3, -0.25) is 9.71 Å². The molecule has 5 rings (SSSR count). The molecule has 188 valence electrons. The first-order valence-electron chi connectivity index (χ1n) is 11.3. The third kappa shape index (κ3) is 5.21. The molecule has 3 aromatic carbocycles. The van der Waals surface area contributed by atoms with E-state index in [1.54, 1.807) is 11.2 Å². The molecule has 0 aliphatic carbocycles. The molecule has 2 heterocycles. The van der Waals surface area contributed by atoms with Crippen molar-refractivity contribution in [1.29, 1.82) is 5.41 Å². The Morgan fingerprint density at radius 3 is 2.57 bits per heavy atom. The molecule has 0 unspecified atom stereocenters. The summed E-state index contributed by atoms with van der Waals surface area (Å²) in [5, 5.41) is 13.0. The number of fused-ring (bicyclic) bond motifs is 2. The van der Waals surface area contributed by atoms with Gasteiger partial charge < -0.3 is 15.8 Å². The number of hydrogen-bond donors (Lipinski definition) is 3. The van der Waals surface area contributed by atoms with Gasteiger partial charge in [-0.1, -0.05) is 24.3 Å². The molecule has 0 amide bonds. The minimum Gasteiger partial charge on any atom is -0.489 e. The molecule has 2 aliphatic rings. The average Bonchev–Trinajstić information content (AvgIpc) is 3.46. The van der Waals surface area contributed by atoms with Crippen molar-refractivity contribution in [3.63, 3.8) is 0 Å². The van der Waals surface area contributed by atoms with Gasteiger partial charge in [-0.2, -0.15) is 0 Å². The normalized spacial score (nSPS) is 19.1. The average molecular weight is 538 g/mol. The van der Waals surface area contributed by atoms with Crippen LogP contribution in [0.4, 0.5) is 5.69 Å². The van der Waals surface area contributed by atoms with Crippen molar-refractivity contribution in [2.75, 3.05) is 23.1 Å². The van der Waals surface area contributed by atoms with Crippen LogP contribution in [0, 0.1) is 5.41 Å². The summed E-state index contributed by atoms with van der Waals surface area (Å²) in [6, 6.07) is 17.0. The molecule has 2 aliphatic heterocycles. The van der Waals surface area contributed by atoms with E-state index in [4.69, 9.17) is 15.9 Å². The molecular weight excluding hydrogens is 507 g/mol. The van der Waals surface area contributed by atoms with E-state index in [0.717, 1.165) is 52.8 Å². The maximum atomic E-state index is 13.2. The van der Waals surface area contributed by atoms with E-state index < -0.39 is 10.0 Å². The number of halogens is 2. The van der Waals surface area contributed by atoms with E-state index in [0.29, 0.717) is 12.0 Å². The van der Waals surface area contributed by atoms with Crippen LogP contribution in [0.15, 0.2) is 54.6 Å². The zero-order chi connectivity index (χ0) is 23.2. The number of nitrogens with zero attached hydrogens (tertiary/aromatic N) is 1. The lowest BCUT2D eigenvalue weighted by Gasteiger charge is -2.27. The molecule has 1 saturated heterocycles. The van der Waals surface area contributed by atoms with Gasteiger partial charge in [0.2, 0.25) is 10.0 Å². The summed E-state index contributed by atoms with van der Waals surface area (Å²) >= 11 is 0. The zero-order valence-corrected chi connectivity index (χ0v) is 21.8. The van der Waals surface area contributed by atoms with E-state index >= 15 is 0 Å². The summed E-state index contributed by atoms with van der Waals surface area (Å²) in [6.07, 6.45) is 1.69. The second kappa shape index (κ2) is 10.6. The number of ether oxygens (including phenoxy) is 1. The Labute approximate surface area is 218 Å². The number of anilines is 1. The Balaban J connectivity index is 0.00000171. The van der Waals surface area contributed by atoms with Gasteiger partial charge in [0.1, 0.15) is 17.7 Å². The van der Waals surface area contributed by atoms with Crippen LogP contribution in [0.5, 0.6) is 5.75 Å². The van der Waals surface area contributed by atoms with Crippen LogP contribution in [0.2, 0.25) is 0 Å². The van der Waals surface area contributed by atoms with Crippen molar-refractivity contribution in [3.8, 4) is 5.75 Å². The third-order valence-corrected chi connectivity index (χ3v) is 8.31. The monoisotopic (exact) mass is 536 g/mol. The summed E-state index contributed by atoms with van der Waals surface area (Å²) in [5.74, 6) is 0.814. The molecule has 10 heteroatoms.